The molecule has 4 nitrogen and oxygen atoms in total. The zero-order valence-corrected chi connectivity index (χ0v) is 11.9. The lowest BCUT2D eigenvalue weighted by molar-refractivity contribution is -0.137. The fourth-order valence-electron chi connectivity index (χ4n) is 2.02. The monoisotopic (exact) mass is 318 g/mol. The number of alkyl halides is 3. The van der Waals surface area contributed by atoms with Gasteiger partial charge in [0.05, 0.1) is 16.5 Å². The maximum atomic E-state index is 12.4. The maximum Gasteiger partial charge on any atom is 0.416 e. The van der Waals surface area contributed by atoms with Crippen LogP contribution in [0.4, 0.5) is 13.2 Å². The van der Waals surface area contributed by atoms with Gasteiger partial charge in [-0.05, 0) is 49.9 Å². The zero-order valence-electron chi connectivity index (χ0n) is 11.1. The standard InChI is InChI=1S/C13H13F3N2O2S/c1-12(8-17,9-2-3-9)18-21(19,20)11-6-4-10(5-7-11)13(14,15)16/h4-7,9,18H,2-3H2,1H3/t12-/m1/s1. The molecular formula is C13H13F3N2O2S. The summed E-state index contributed by atoms with van der Waals surface area (Å²) in [6, 6.07) is 5.11. The summed E-state index contributed by atoms with van der Waals surface area (Å²) in [6.07, 6.45) is -3.02. The topological polar surface area (TPSA) is 70.0 Å². The largest absolute Gasteiger partial charge is 0.416 e. The lowest BCUT2D eigenvalue weighted by Gasteiger charge is -2.22. The minimum Gasteiger partial charge on any atom is -0.207 e. The second-order valence-electron chi connectivity index (χ2n) is 5.22. The van der Waals surface area contributed by atoms with E-state index in [1.54, 1.807) is 0 Å². The van der Waals surface area contributed by atoms with E-state index in [0.717, 1.165) is 25.0 Å². The zero-order chi connectivity index (χ0) is 15.9. The number of hydrogen-bond acceptors (Lipinski definition) is 3. The SMILES string of the molecule is C[C@](C#N)(NS(=O)(=O)c1ccc(C(F)(F)F)cc1)C1CC1. The summed E-state index contributed by atoms with van der Waals surface area (Å²) in [5.74, 6) is -0.0632. The van der Waals surface area contributed by atoms with Gasteiger partial charge in [-0.25, -0.2) is 8.42 Å². The minimum absolute atomic E-state index is 0.0632. The first-order chi connectivity index (χ1) is 9.58. The van der Waals surface area contributed by atoms with Gasteiger partial charge in [-0.1, -0.05) is 0 Å². The van der Waals surface area contributed by atoms with Crippen LogP contribution in [0.3, 0.4) is 0 Å². The van der Waals surface area contributed by atoms with Gasteiger partial charge in [0, 0.05) is 0 Å². The Morgan fingerprint density at radius 2 is 1.76 bits per heavy atom. The average molecular weight is 318 g/mol. The quantitative estimate of drug-likeness (QED) is 0.928. The lowest BCUT2D eigenvalue weighted by atomic mass is 10.0. The maximum absolute atomic E-state index is 12.4. The molecule has 1 fully saturated rings. The predicted octanol–water partition coefficient (Wildman–Crippen LogP) is 2.68. The molecule has 1 aromatic carbocycles. The number of benzene rings is 1. The third-order valence-corrected chi connectivity index (χ3v) is 5.05. The summed E-state index contributed by atoms with van der Waals surface area (Å²) in [6.45, 7) is 1.48. The van der Waals surface area contributed by atoms with Crippen LogP contribution in [-0.2, 0) is 16.2 Å². The molecule has 0 aliphatic heterocycles. The van der Waals surface area contributed by atoms with Crippen LogP contribution >= 0.6 is 0 Å². The van der Waals surface area contributed by atoms with E-state index in [2.05, 4.69) is 4.72 Å². The van der Waals surface area contributed by atoms with Crippen LogP contribution in [0.2, 0.25) is 0 Å². The highest BCUT2D eigenvalue weighted by Gasteiger charge is 2.44. The van der Waals surface area contributed by atoms with Gasteiger partial charge >= 0.3 is 6.18 Å². The van der Waals surface area contributed by atoms with Crippen molar-refractivity contribution >= 4 is 10.0 Å². The van der Waals surface area contributed by atoms with Crippen molar-refractivity contribution in [2.24, 2.45) is 5.92 Å². The molecule has 21 heavy (non-hydrogen) atoms. The van der Waals surface area contributed by atoms with Gasteiger partial charge in [0.15, 0.2) is 0 Å². The molecule has 0 radical (unpaired) electrons. The summed E-state index contributed by atoms with van der Waals surface area (Å²) in [5, 5.41) is 9.13. The first kappa shape index (κ1) is 15.8. The molecule has 1 aliphatic rings. The Hall–Kier alpha value is -1.59. The number of rotatable bonds is 4. The summed E-state index contributed by atoms with van der Waals surface area (Å²) >= 11 is 0. The fourth-order valence-corrected chi connectivity index (χ4v) is 3.40. The van der Waals surface area contributed by atoms with Crippen molar-refractivity contribution in [1.82, 2.24) is 4.72 Å². The molecule has 1 aromatic rings. The normalized spacial score (nSPS) is 18.8. The summed E-state index contributed by atoms with van der Waals surface area (Å²) < 4.78 is 63.9. The molecule has 1 atom stereocenters. The molecule has 0 amide bonds. The van der Waals surface area contributed by atoms with Crippen LogP contribution in [0.5, 0.6) is 0 Å². The van der Waals surface area contributed by atoms with Crippen LogP contribution in [0.25, 0.3) is 0 Å². The molecule has 114 valence electrons. The summed E-state index contributed by atoms with van der Waals surface area (Å²) in [5.41, 5.74) is -2.16. The van der Waals surface area contributed by atoms with E-state index in [1.165, 1.54) is 6.92 Å². The van der Waals surface area contributed by atoms with E-state index in [0.29, 0.717) is 12.1 Å². The molecule has 0 spiro atoms. The van der Waals surface area contributed by atoms with Crippen LogP contribution in [-0.4, -0.2) is 14.0 Å². The van der Waals surface area contributed by atoms with Crippen molar-refractivity contribution in [3.63, 3.8) is 0 Å². The number of nitrogens with zero attached hydrogens (tertiary/aromatic N) is 1. The van der Waals surface area contributed by atoms with Crippen molar-refractivity contribution in [3.05, 3.63) is 29.8 Å². The molecule has 0 saturated heterocycles. The number of hydrogen-bond donors (Lipinski definition) is 1. The van der Waals surface area contributed by atoms with E-state index < -0.39 is 27.3 Å². The van der Waals surface area contributed by atoms with Crippen molar-refractivity contribution in [1.29, 1.82) is 5.26 Å². The van der Waals surface area contributed by atoms with Crippen LogP contribution in [0, 0.1) is 17.2 Å². The molecule has 1 N–H and O–H groups in total. The number of halogens is 3. The van der Waals surface area contributed by atoms with Crippen molar-refractivity contribution < 1.29 is 21.6 Å². The molecule has 0 aromatic heterocycles. The average Bonchev–Trinajstić information content (AvgIpc) is 3.22. The number of nitriles is 1. The third kappa shape index (κ3) is 3.36. The van der Waals surface area contributed by atoms with Gasteiger partial charge in [0.2, 0.25) is 10.0 Å². The Morgan fingerprint density at radius 1 is 1.24 bits per heavy atom. The minimum atomic E-state index is -4.52. The predicted molar refractivity (Wildman–Crippen MR) is 68.5 cm³/mol. The van der Waals surface area contributed by atoms with E-state index in [1.807, 2.05) is 6.07 Å². The number of nitrogens with one attached hydrogen (secondary N) is 1. The molecule has 1 saturated carbocycles. The molecule has 0 heterocycles. The van der Waals surface area contributed by atoms with Gasteiger partial charge in [-0.15, -0.1) is 0 Å². The highest BCUT2D eigenvalue weighted by molar-refractivity contribution is 7.89. The number of sulfonamides is 1. The Balaban J connectivity index is 2.26. The summed E-state index contributed by atoms with van der Waals surface area (Å²) in [4.78, 5) is -0.294. The fraction of sp³-hybridized carbons (Fsp3) is 0.462. The first-order valence-corrected chi connectivity index (χ1v) is 7.69. The van der Waals surface area contributed by atoms with E-state index in [4.69, 9.17) is 5.26 Å². The first-order valence-electron chi connectivity index (χ1n) is 6.21. The Bertz CT molecular complexity index is 673. The highest BCUT2D eigenvalue weighted by Crippen LogP contribution is 2.40. The second kappa shape index (κ2) is 5.00. The Labute approximate surface area is 120 Å². The van der Waals surface area contributed by atoms with Crippen molar-refractivity contribution in [2.45, 2.75) is 36.4 Å². The molecule has 1 aliphatic carbocycles. The Kier molecular flexibility index (Phi) is 3.76. The van der Waals surface area contributed by atoms with Gasteiger partial charge in [-0.2, -0.15) is 23.2 Å². The van der Waals surface area contributed by atoms with Gasteiger partial charge < -0.3 is 0 Å². The van der Waals surface area contributed by atoms with E-state index >= 15 is 0 Å². The molecular weight excluding hydrogens is 305 g/mol. The van der Waals surface area contributed by atoms with Crippen LogP contribution in [0.15, 0.2) is 29.2 Å². The summed E-state index contributed by atoms with van der Waals surface area (Å²) in [7, 11) is -4.04. The van der Waals surface area contributed by atoms with Crippen LogP contribution in [0.1, 0.15) is 25.3 Å². The van der Waals surface area contributed by atoms with Crippen molar-refractivity contribution in [3.8, 4) is 6.07 Å². The second-order valence-corrected chi connectivity index (χ2v) is 6.90. The van der Waals surface area contributed by atoms with Crippen molar-refractivity contribution in [2.75, 3.05) is 0 Å². The van der Waals surface area contributed by atoms with Gasteiger partial charge in [-0.3, -0.25) is 0 Å². The third-order valence-electron chi connectivity index (χ3n) is 3.46. The van der Waals surface area contributed by atoms with E-state index in [9.17, 15) is 21.6 Å². The molecule has 0 unspecified atom stereocenters. The van der Waals surface area contributed by atoms with Crippen LogP contribution < -0.4 is 4.72 Å². The molecule has 0 bridgehead atoms. The van der Waals surface area contributed by atoms with Gasteiger partial charge in [0.1, 0.15) is 5.54 Å². The Morgan fingerprint density at radius 3 is 2.14 bits per heavy atom. The lowest BCUT2D eigenvalue weighted by Crippen LogP contribution is -2.46. The van der Waals surface area contributed by atoms with E-state index in [-0.39, 0.29) is 10.8 Å². The smallest absolute Gasteiger partial charge is 0.207 e. The molecule has 8 heteroatoms. The highest BCUT2D eigenvalue weighted by atomic mass is 32.2. The van der Waals surface area contributed by atoms with Gasteiger partial charge in [0.25, 0.3) is 0 Å². The molecule has 2 rings (SSSR count).